The number of pyridine rings is 1. The Morgan fingerprint density at radius 1 is 1.06 bits per heavy atom. The molecule has 1 aliphatic rings. The third kappa shape index (κ3) is 5.35. The van der Waals surface area contributed by atoms with Crippen molar-refractivity contribution < 1.29 is 18.7 Å². The summed E-state index contributed by atoms with van der Waals surface area (Å²) >= 11 is 0. The molecule has 6 nitrogen and oxygen atoms in total. The standard InChI is InChI=1S/C24H28FN3O3/c1-4-27(14-11-18-9-12-26-13-10-18)22-21(19-5-7-20(25)8-6-19)23(29)28(24(22)30)15-16-31-17(2)3/h5-10,12-13,17H,4,11,14-16H2,1-3H3. The maximum absolute atomic E-state index is 13.5. The number of imide groups is 1. The molecule has 164 valence electrons. The molecule has 0 radical (unpaired) electrons. The third-order valence-electron chi connectivity index (χ3n) is 5.16. The van der Waals surface area contributed by atoms with Gasteiger partial charge >= 0.3 is 0 Å². The SMILES string of the molecule is CCN(CCc1ccncc1)C1=C(c2ccc(F)cc2)C(=O)N(CCOC(C)C)C1=O. The zero-order valence-corrected chi connectivity index (χ0v) is 18.2. The molecule has 0 bridgehead atoms. The summed E-state index contributed by atoms with van der Waals surface area (Å²) < 4.78 is 19.0. The highest BCUT2D eigenvalue weighted by molar-refractivity contribution is 6.35. The van der Waals surface area contributed by atoms with Crippen molar-refractivity contribution in [1.29, 1.82) is 0 Å². The number of rotatable bonds is 10. The highest BCUT2D eigenvalue weighted by Gasteiger charge is 2.41. The van der Waals surface area contributed by atoms with Crippen LogP contribution in [-0.4, -0.2) is 58.9 Å². The summed E-state index contributed by atoms with van der Waals surface area (Å²) in [5.41, 5.74) is 2.30. The number of likely N-dealkylation sites (N-methyl/N-ethyl adjacent to an activating group) is 1. The Kier molecular flexibility index (Phi) is 7.52. The summed E-state index contributed by atoms with van der Waals surface area (Å²) in [6.07, 6.45) is 4.17. The van der Waals surface area contributed by atoms with Crippen molar-refractivity contribution in [2.45, 2.75) is 33.3 Å². The molecular formula is C24H28FN3O3. The Balaban J connectivity index is 1.92. The van der Waals surface area contributed by atoms with Crippen molar-refractivity contribution in [3.8, 4) is 0 Å². The van der Waals surface area contributed by atoms with Crippen molar-refractivity contribution >= 4 is 17.4 Å². The second-order valence-corrected chi connectivity index (χ2v) is 7.60. The van der Waals surface area contributed by atoms with Crippen molar-refractivity contribution in [3.05, 3.63) is 71.4 Å². The van der Waals surface area contributed by atoms with Crippen LogP contribution in [0.3, 0.4) is 0 Å². The van der Waals surface area contributed by atoms with E-state index in [0.717, 1.165) is 5.56 Å². The molecule has 1 aromatic heterocycles. The van der Waals surface area contributed by atoms with Crippen LogP contribution in [0.2, 0.25) is 0 Å². The van der Waals surface area contributed by atoms with E-state index in [-0.39, 0.29) is 31.1 Å². The minimum Gasteiger partial charge on any atom is -0.377 e. The van der Waals surface area contributed by atoms with Gasteiger partial charge in [0.25, 0.3) is 11.8 Å². The van der Waals surface area contributed by atoms with Crippen LogP contribution >= 0.6 is 0 Å². The Bertz CT molecular complexity index is 942. The van der Waals surface area contributed by atoms with Gasteiger partial charge in [0.1, 0.15) is 11.5 Å². The number of nitrogens with zero attached hydrogens (tertiary/aromatic N) is 3. The van der Waals surface area contributed by atoms with Crippen molar-refractivity contribution in [3.63, 3.8) is 0 Å². The van der Waals surface area contributed by atoms with Crippen LogP contribution in [-0.2, 0) is 20.7 Å². The maximum Gasteiger partial charge on any atom is 0.277 e. The molecule has 2 heterocycles. The fraction of sp³-hybridized carbons (Fsp3) is 0.375. The van der Waals surface area contributed by atoms with Gasteiger partial charge in [0.15, 0.2) is 0 Å². The average Bonchev–Trinajstić information content (AvgIpc) is 3.00. The quantitative estimate of drug-likeness (QED) is 0.547. The molecule has 0 saturated heterocycles. The van der Waals surface area contributed by atoms with Gasteiger partial charge in [-0.3, -0.25) is 19.5 Å². The first-order valence-corrected chi connectivity index (χ1v) is 10.5. The van der Waals surface area contributed by atoms with Crippen molar-refractivity contribution in [1.82, 2.24) is 14.8 Å². The number of benzene rings is 1. The van der Waals surface area contributed by atoms with E-state index in [1.807, 2.05) is 37.8 Å². The van der Waals surface area contributed by atoms with Gasteiger partial charge in [-0.1, -0.05) is 12.1 Å². The minimum atomic E-state index is -0.394. The zero-order chi connectivity index (χ0) is 22.4. The molecular weight excluding hydrogens is 397 g/mol. The number of carbonyl (C=O) groups excluding carboxylic acids is 2. The Labute approximate surface area is 182 Å². The normalized spacial score (nSPS) is 14.2. The fourth-order valence-corrected chi connectivity index (χ4v) is 3.56. The number of ether oxygens (including phenoxy) is 1. The van der Waals surface area contributed by atoms with Gasteiger partial charge < -0.3 is 9.64 Å². The van der Waals surface area contributed by atoms with Gasteiger partial charge in [0, 0.05) is 25.5 Å². The lowest BCUT2D eigenvalue weighted by atomic mass is 10.0. The number of hydrogen-bond donors (Lipinski definition) is 0. The van der Waals surface area contributed by atoms with Crippen LogP contribution in [0.4, 0.5) is 4.39 Å². The molecule has 0 N–H and O–H groups in total. The smallest absolute Gasteiger partial charge is 0.277 e. The predicted molar refractivity (Wildman–Crippen MR) is 116 cm³/mol. The van der Waals surface area contributed by atoms with E-state index in [1.54, 1.807) is 24.5 Å². The minimum absolute atomic E-state index is 0.00399. The van der Waals surface area contributed by atoms with Crippen LogP contribution < -0.4 is 0 Å². The lowest BCUT2D eigenvalue weighted by molar-refractivity contribution is -0.138. The Morgan fingerprint density at radius 3 is 2.35 bits per heavy atom. The summed E-state index contributed by atoms with van der Waals surface area (Å²) in [7, 11) is 0. The first kappa shape index (κ1) is 22.6. The van der Waals surface area contributed by atoms with Crippen LogP contribution in [0, 0.1) is 5.82 Å². The summed E-state index contributed by atoms with van der Waals surface area (Å²) in [6.45, 7) is 7.31. The van der Waals surface area contributed by atoms with E-state index in [0.29, 0.717) is 36.3 Å². The Morgan fingerprint density at radius 2 is 1.74 bits per heavy atom. The first-order valence-electron chi connectivity index (χ1n) is 10.5. The molecule has 2 aromatic rings. The Hall–Kier alpha value is -3.06. The summed E-state index contributed by atoms with van der Waals surface area (Å²) in [5.74, 6) is -1.11. The van der Waals surface area contributed by atoms with Gasteiger partial charge in [-0.05, 0) is 62.6 Å². The summed E-state index contributed by atoms with van der Waals surface area (Å²) in [6, 6.07) is 9.55. The van der Waals surface area contributed by atoms with Gasteiger partial charge in [0.05, 0.1) is 24.8 Å². The van der Waals surface area contributed by atoms with Crippen molar-refractivity contribution in [2.24, 2.45) is 0 Å². The molecule has 2 amide bonds. The van der Waals surface area contributed by atoms with E-state index in [2.05, 4.69) is 4.98 Å². The molecule has 0 unspecified atom stereocenters. The summed E-state index contributed by atoms with van der Waals surface area (Å²) in [5, 5.41) is 0. The number of halogens is 1. The van der Waals surface area contributed by atoms with Gasteiger partial charge in [0.2, 0.25) is 0 Å². The predicted octanol–water partition coefficient (Wildman–Crippen LogP) is 3.29. The van der Waals surface area contributed by atoms with Gasteiger partial charge in [-0.15, -0.1) is 0 Å². The number of amides is 2. The zero-order valence-electron chi connectivity index (χ0n) is 18.2. The average molecular weight is 426 g/mol. The molecule has 0 saturated carbocycles. The van der Waals surface area contributed by atoms with Crippen molar-refractivity contribution in [2.75, 3.05) is 26.2 Å². The number of carbonyl (C=O) groups is 2. The molecule has 3 rings (SSSR count). The lowest BCUT2D eigenvalue weighted by Crippen LogP contribution is -2.38. The number of aromatic nitrogens is 1. The van der Waals surface area contributed by atoms with E-state index in [4.69, 9.17) is 4.74 Å². The highest BCUT2D eigenvalue weighted by Crippen LogP contribution is 2.31. The molecule has 0 fully saturated rings. The van der Waals surface area contributed by atoms with E-state index in [1.165, 1.54) is 17.0 Å². The van der Waals surface area contributed by atoms with Crippen LogP contribution in [0.5, 0.6) is 0 Å². The highest BCUT2D eigenvalue weighted by atomic mass is 19.1. The third-order valence-corrected chi connectivity index (χ3v) is 5.16. The molecule has 7 heteroatoms. The van der Waals surface area contributed by atoms with E-state index >= 15 is 0 Å². The number of hydrogen-bond acceptors (Lipinski definition) is 5. The van der Waals surface area contributed by atoms with Gasteiger partial charge in [-0.25, -0.2) is 4.39 Å². The van der Waals surface area contributed by atoms with Crippen LogP contribution in [0.25, 0.3) is 5.57 Å². The fourth-order valence-electron chi connectivity index (χ4n) is 3.56. The molecule has 31 heavy (non-hydrogen) atoms. The monoisotopic (exact) mass is 425 g/mol. The largest absolute Gasteiger partial charge is 0.377 e. The lowest BCUT2D eigenvalue weighted by Gasteiger charge is -2.25. The first-order chi connectivity index (χ1) is 14.9. The molecule has 1 aromatic carbocycles. The molecule has 0 spiro atoms. The topological polar surface area (TPSA) is 62.7 Å². The summed E-state index contributed by atoms with van der Waals surface area (Å²) in [4.78, 5) is 33.7. The molecule has 0 aliphatic carbocycles. The van der Waals surface area contributed by atoms with E-state index < -0.39 is 5.82 Å². The molecule has 1 aliphatic heterocycles. The second kappa shape index (κ2) is 10.3. The van der Waals surface area contributed by atoms with Crippen LogP contribution in [0.1, 0.15) is 31.9 Å². The van der Waals surface area contributed by atoms with E-state index in [9.17, 15) is 14.0 Å². The van der Waals surface area contributed by atoms with Crippen LogP contribution in [0.15, 0.2) is 54.5 Å². The second-order valence-electron chi connectivity index (χ2n) is 7.60. The van der Waals surface area contributed by atoms with Gasteiger partial charge in [-0.2, -0.15) is 0 Å². The maximum atomic E-state index is 13.5. The molecule has 0 atom stereocenters.